The quantitative estimate of drug-likeness (QED) is 0.789. The van der Waals surface area contributed by atoms with Gasteiger partial charge in [0.15, 0.2) is 0 Å². The van der Waals surface area contributed by atoms with Gasteiger partial charge in [0.1, 0.15) is 12.4 Å². The second-order valence-electron chi connectivity index (χ2n) is 3.54. The Hall–Kier alpha value is -1.06. The summed E-state index contributed by atoms with van der Waals surface area (Å²) in [5, 5.41) is 1.45. The number of halogens is 2. The van der Waals surface area contributed by atoms with Crippen molar-refractivity contribution in [1.29, 1.82) is 0 Å². The van der Waals surface area contributed by atoms with Crippen LogP contribution in [0, 0.1) is 0 Å². The molecule has 0 aliphatic heterocycles. The van der Waals surface area contributed by atoms with Crippen LogP contribution in [0.15, 0.2) is 42.7 Å². The largest absolute Gasteiger partial charge is 0.489 e. The monoisotopic (exact) mass is 311 g/mol. The lowest BCUT2D eigenvalue weighted by Crippen LogP contribution is -1.96. The fourth-order valence-corrected chi connectivity index (χ4v) is 1.92. The van der Waals surface area contributed by atoms with Crippen molar-refractivity contribution in [1.82, 2.24) is 4.98 Å². The average molecular weight is 313 g/mol. The maximum Gasteiger partial charge on any atom is 0.120 e. The highest BCUT2D eigenvalue weighted by Crippen LogP contribution is 2.19. The third-order valence-electron chi connectivity index (χ3n) is 2.30. The topological polar surface area (TPSA) is 22.1 Å². The molecule has 1 aromatic carbocycles. The summed E-state index contributed by atoms with van der Waals surface area (Å²) in [4.78, 5) is 3.93. The lowest BCUT2D eigenvalue weighted by atomic mass is 10.2. The van der Waals surface area contributed by atoms with Crippen LogP contribution in [0.1, 0.15) is 11.1 Å². The molecule has 2 rings (SSSR count). The van der Waals surface area contributed by atoms with Gasteiger partial charge in [0.25, 0.3) is 0 Å². The summed E-state index contributed by atoms with van der Waals surface area (Å²) >= 11 is 9.41. The Bertz CT molecular complexity index is 504. The Morgan fingerprint density at radius 3 is 2.94 bits per heavy atom. The molecular formula is C13H11BrClNO. The summed E-state index contributed by atoms with van der Waals surface area (Å²) in [7, 11) is 0. The fraction of sp³-hybridized carbons (Fsp3) is 0.154. The Labute approximate surface area is 114 Å². The number of hydrogen-bond acceptors (Lipinski definition) is 2. The second-order valence-corrected chi connectivity index (χ2v) is 4.50. The molecule has 0 N–H and O–H groups in total. The molecule has 0 aliphatic rings. The van der Waals surface area contributed by atoms with Gasteiger partial charge in [-0.3, -0.25) is 4.98 Å². The normalized spacial score (nSPS) is 10.2. The van der Waals surface area contributed by atoms with E-state index >= 15 is 0 Å². The van der Waals surface area contributed by atoms with Crippen molar-refractivity contribution in [3.05, 3.63) is 58.9 Å². The van der Waals surface area contributed by atoms with Crippen LogP contribution >= 0.6 is 27.5 Å². The predicted molar refractivity (Wildman–Crippen MR) is 72.7 cm³/mol. The van der Waals surface area contributed by atoms with E-state index in [4.69, 9.17) is 16.3 Å². The van der Waals surface area contributed by atoms with Crippen molar-refractivity contribution in [2.75, 3.05) is 0 Å². The van der Waals surface area contributed by atoms with Gasteiger partial charge in [0.05, 0.1) is 5.02 Å². The molecule has 0 spiro atoms. The number of ether oxygens (including phenoxy) is 1. The molecule has 0 amide bonds. The van der Waals surface area contributed by atoms with Crippen molar-refractivity contribution in [2.24, 2.45) is 0 Å². The molecule has 0 saturated heterocycles. The highest BCUT2D eigenvalue weighted by Gasteiger charge is 2.01. The van der Waals surface area contributed by atoms with Crippen LogP contribution in [0.3, 0.4) is 0 Å². The van der Waals surface area contributed by atoms with Gasteiger partial charge in [-0.25, -0.2) is 0 Å². The van der Waals surface area contributed by atoms with E-state index in [0.29, 0.717) is 11.6 Å². The van der Waals surface area contributed by atoms with Gasteiger partial charge < -0.3 is 4.74 Å². The molecule has 2 aromatic rings. The molecular weight excluding hydrogens is 302 g/mol. The summed E-state index contributed by atoms with van der Waals surface area (Å²) in [5.74, 6) is 0.842. The maximum atomic E-state index is 6.00. The number of hydrogen-bond donors (Lipinski definition) is 0. The molecule has 2 nitrogen and oxygen atoms in total. The summed E-state index contributed by atoms with van der Waals surface area (Å²) in [5.41, 5.74) is 2.12. The van der Waals surface area contributed by atoms with Crippen LogP contribution in [0.4, 0.5) is 0 Å². The number of pyridine rings is 1. The van der Waals surface area contributed by atoms with Crippen LogP contribution < -0.4 is 4.74 Å². The minimum Gasteiger partial charge on any atom is -0.489 e. The Morgan fingerprint density at radius 2 is 2.18 bits per heavy atom. The molecule has 17 heavy (non-hydrogen) atoms. The Morgan fingerprint density at radius 1 is 1.29 bits per heavy atom. The van der Waals surface area contributed by atoms with Crippen molar-refractivity contribution in [3.63, 3.8) is 0 Å². The second kappa shape index (κ2) is 6.03. The molecule has 88 valence electrons. The number of rotatable bonds is 4. The smallest absolute Gasteiger partial charge is 0.120 e. The van der Waals surface area contributed by atoms with E-state index in [9.17, 15) is 0 Å². The zero-order valence-electron chi connectivity index (χ0n) is 9.07. The van der Waals surface area contributed by atoms with Crippen molar-refractivity contribution >= 4 is 27.5 Å². The van der Waals surface area contributed by atoms with Crippen molar-refractivity contribution in [3.8, 4) is 5.75 Å². The van der Waals surface area contributed by atoms with Gasteiger partial charge >= 0.3 is 0 Å². The predicted octanol–water partition coefficient (Wildman–Crippen LogP) is 4.21. The summed E-state index contributed by atoms with van der Waals surface area (Å²) in [6.45, 7) is 0.451. The first-order valence-electron chi connectivity index (χ1n) is 5.15. The highest BCUT2D eigenvalue weighted by atomic mass is 79.9. The first kappa shape index (κ1) is 12.4. The number of alkyl halides is 1. The van der Waals surface area contributed by atoms with E-state index in [1.165, 1.54) is 5.56 Å². The summed E-state index contributed by atoms with van der Waals surface area (Å²) in [6, 6.07) is 9.81. The van der Waals surface area contributed by atoms with Crippen LogP contribution in [-0.2, 0) is 11.9 Å². The SMILES string of the molecule is Clc1cnccc1COc1cccc(CBr)c1. The standard InChI is InChI=1S/C13H11BrClNO/c14-7-10-2-1-3-12(6-10)17-9-11-4-5-16-8-13(11)15/h1-6,8H,7,9H2. The Balaban J connectivity index is 2.05. The minimum atomic E-state index is 0.451. The zero-order valence-corrected chi connectivity index (χ0v) is 11.4. The molecule has 4 heteroatoms. The maximum absolute atomic E-state index is 6.00. The van der Waals surface area contributed by atoms with Crippen LogP contribution in [-0.4, -0.2) is 4.98 Å². The van der Waals surface area contributed by atoms with Crippen LogP contribution in [0.25, 0.3) is 0 Å². The van der Waals surface area contributed by atoms with Gasteiger partial charge in [0, 0.05) is 23.3 Å². The van der Waals surface area contributed by atoms with E-state index in [0.717, 1.165) is 16.6 Å². The van der Waals surface area contributed by atoms with Gasteiger partial charge in [0.2, 0.25) is 0 Å². The minimum absolute atomic E-state index is 0.451. The Kier molecular flexibility index (Phi) is 4.40. The number of aromatic nitrogens is 1. The number of nitrogens with zero attached hydrogens (tertiary/aromatic N) is 1. The number of benzene rings is 1. The molecule has 0 atom stereocenters. The van der Waals surface area contributed by atoms with E-state index in [2.05, 4.69) is 20.9 Å². The highest BCUT2D eigenvalue weighted by molar-refractivity contribution is 9.08. The fourth-order valence-electron chi connectivity index (χ4n) is 1.40. The molecule has 1 heterocycles. The van der Waals surface area contributed by atoms with E-state index in [1.54, 1.807) is 12.4 Å². The van der Waals surface area contributed by atoms with Crippen LogP contribution in [0.5, 0.6) is 5.75 Å². The lowest BCUT2D eigenvalue weighted by molar-refractivity contribution is 0.306. The molecule has 0 fully saturated rings. The third-order valence-corrected chi connectivity index (χ3v) is 3.29. The van der Waals surface area contributed by atoms with Gasteiger partial charge in [-0.1, -0.05) is 39.7 Å². The van der Waals surface area contributed by atoms with E-state index < -0.39 is 0 Å². The summed E-state index contributed by atoms with van der Waals surface area (Å²) < 4.78 is 5.68. The van der Waals surface area contributed by atoms with Crippen molar-refractivity contribution in [2.45, 2.75) is 11.9 Å². The van der Waals surface area contributed by atoms with Crippen LogP contribution in [0.2, 0.25) is 5.02 Å². The third kappa shape index (κ3) is 3.45. The average Bonchev–Trinajstić information content (AvgIpc) is 2.38. The van der Waals surface area contributed by atoms with Gasteiger partial charge in [-0.2, -0.15) is 0 Å². The van der Waals surface area contributed by atoms with Gasteiger partial charge in [-0.05, 0) is 23.8 Å². The first-order valence-corrected chi connectivity index (χ1v) is 6.65. The van der Waals surface area contributed by atoms with Gasteiger partial charge in [-0.15, -0.1) is 0 Å². The molecule has 0 aliphatic carbocycles. The lowest BCUT2D eigenvalue weighted by Gasteiger charge is -2.08. The zero-order chi connectivity index (χ0) is 12.1. The first-order chi connectivity index (χ1) is 8.29. The molecule has 0 bridgehead atoms. The van der Waals surface area contributed by atoms with Crippen molar-refractivity contribution < 1.29 is 4.74 Å². The molecule has 0 radical (unpaired) electrons. The van der Waals surface area contributed by atoms with E-state index in [1.807, 2.05) is 30.3 Å². The summed E-state index contributed by atoms with van der Waals surface area (Å²) in [6.07, 6.45) is 3.33. The van der Waals surface area contributed by atoms with E-state index in [-0.39, 0.29) is 0 Å². The molecule has 0 saturated carbocycles. The molecule has 0 unspecified atom stereocenters. The molecule has 1 aromatic heterocycles.